The number of carbonyl (C=O) groups is 1. The minimum atomic E-state index is 0.0176. The first-order chi connectivity index (χ1) is 10.7. The second-order valence-electron chi connectivity index (χ2n) is 5.60. The zero-order chi connectivity index (χ0) is 15.9. The van der Waals surface area contributed by atoms with Gasteiger partial charge < -0.3 is 10.1 Å². The van der Waals surface area contributed by atoms with Crippen LogP contribution in [-0.4, -0.2) is 19.6 Å². The number of methoxy groups -OCH3 is 1. The van der Waals surface area contributed by atoms with E-state index < -0.39 is 0 Å². The summed E-state index contributed by atoms with van der Waals surface area (Å²) < 4.78 is 5.58. The van der Waals surface area contributed by atoms with Crippen LogP contribution >= 0.6 is 0 Å². The molecule has 0 aliphatic rings. The van der Waals surface area contributed by atoms with Gasteiger partial charge in [-0.1, -0.05) is 37.6 Å². The van der Waals surface area contributed by atoms with Gasteiger partial charge in [-0.05, 0) is 41.7 Å². The lowest BCUT2D eigenvalue weighted by molar-refractivity contribution is -0.118. The maximum absolute atomic E-state index is 11.1. The molecule has 0 saturated carbocycles. The van der Waals surface area contributed by atoms with E-state index in [0.717, 1.165) is 31.4 Å². The summed E-state index contributed by atoms with van der Waals surface area (Å²) in [5.74, 6) is 0.983. The molecule has 0 aromatic heterocycles. The van der Waals surface area contributed by atoms with Gasteiger partial charge in [-0.3, -0.25) is 4.79 Å². The van der Waals surface area contributed by atoms with Crippen molar-refractivity contribution in [2.75, 3.05) is 13.7 Å². The van der Waals surface area contributed by atoms with Crippen LogP contribution in [0.5, 0.6) is 5.75 Å². The lowest BCUT2D eigenvalue weighted by atomic mass is 9.94. The average Bonchev–Trinajstić information content (AvgIpc) is 2.52. The quantitative estimate of drug-likeness (QED) is 0.843. The van der Waals surface area contributed by atoms with Crippen molar-refractivity contribution in [2.24, 2.45) is 0 Å². The van der Waals surface area contributed by atoms with Gasteiger partial charge in [0.1, 0.15) is 5.75 Å². The fourth-order valence-electron chi connectivity index (χ4n) is 2.89. The van der Waals surface area contributed by atoms with Crippen LogP contribution in [0.15, 0.2) is 30.3 Å². The topological polar surface area (TPSA) is 38.3 Å². The number of unbranched alkanes of at least 4 members (excludes halogenated alkanes) is 1. The Hall–Kier alpha value is -2.03. The van der Waals surface area contributed by atoms with Crippen molar-refractivity contribution in [2.45, 2.75) is 39.5 Å². The summed E-state index contributed by atoms with van der Waals surface area (Å²) in [4.78, 5) is 11.1. The van der Waals surface area contributed by atoms with E-state index in [4.69, 9.17) is 4.74 Å². The number of ether oxygens (including phenoxy) is 1. The highest BCUT2D eigenvalue weighted by molar-refractivity contribution is 5.91. The molecule has 0 heterocycles. The van der Waals surface area contributed by atoms with E-state index >= 15 is 0 Å². The van der Waals surface area contributed by atoms with Crippen LogP contribution in [0.3, 0.4) is 0 Å². The second-order valence-corrected chi connectivity index (χ2v) is 5.60. The Morgan fingerprint density at radius 3 is 2.68 bits per heavy atom. The van der Waals surface area contributed by atoms with Crippen molar-refractivity contribution in [3.63, 3.8) is 0 Å². The van der Waals surface area contributed by atoms with Crippen LogP contribution < -0.4 is 10.1 Å². The molecule has 0 bridgehead atoms. The molecular weight excluding hydrogens is 274 g/mol. The molecule has 0 fully saturated rings. The molecule has 0 spiro atoms. The van der Waals surface area contributed by atoms with E-state index in [1.165, 1.54) is 21.9 Å². The lowest BCUT2D eigenvalue weighted by Gasteiger charge is -2.15. The highest BCUT2D eigenvalue weighted by Gasteiger charge is 2.11. The van der Waals surface area contributed by atoms with Crippen molar-refractivity contribution in [3.8, 4) is 5.75 Å². The van der Waals surface area contributed by atoms with Gasteiger partial charge in [-0.2, -0.15) is 0 Å². The van der Waals surface area contributed by atoms with Gasteiger partial charge in [0.2, 0.25) is 5.91 Å². The Morgan fingerprint density at radius 2 is 2.00 bits per heavy atom. The SMILES string of the molecule is CCCCc1c(OC)ccc2cccc(CCNC(C)=O)c12. The summed E-state index contributed by atoms with van der Waals surface area (Å²) in [5, 5.41) is 5.41. The summed E-state index contributed by atoms with van der Waals surface area (Å²) in [6.07, 6.45) is 4.17. The number of hydrogen-bond acceptors (Lipinski definition) is 2. The maximum atomic E-state index is 11.1. The largest absolute Gasteiger partial charge is 0.496 e. The number of rotatable bonds is 7. The van der Waals surface area contributed by atoms with E-state index in [1.807, 2.05) is 0 Å². The maximum Gasteiger partial charge on any atom is 0.216 e. The third kappa shape index (κ3) is 3.79. The molecule has 1 amide bonds. The van der Waals surface area contributed by atoms with E-state index in [2.05, 4.69) is 42.6 Å². The first-order valence-corrected chi connectivity index (χ1v) is 7.99. The molecule has 1 N–H and O–H groups in total. The molecular formula is C19H25NO2. The normalized spacial score (nSPS) is 10.7. The molecule has 22 heavy (non-hydrogen) atoms. The molecule has 0 unspecified atom stereocenters. The zero-order valence-corrected chi connectivity index (χ0v) is 13.7. The minimum absolute atomic E-state index is 0.0176. The number of hydrogen-bond donors (Lipinski definition) is 1. The Kier molecular flexibility index (Phi) is 5.82. The van der Waals surface area contributed by atoms with Crippen LogP contribution in [-0.2, 0) is 17.6 Å². The number of fused-ring (bicyclic) bond motifs is 1. The van der Waals surface area contributed by atoms with Crippen LogP contribution in [0, 0.1) is 0 Å². The number of carbonyl (C=O) groups excluding carboxylic acids is 1. The zero-order valence-electron chi connectivity index (χ0n) is 13.7. The molecule has 3 nitrogen and oxygen atoms in total. The smallest absolute Gasteiger partial charge is 0.216 e. The molecule has 2 aromatic rings. The van der Waals surface area contributed by atoms with Crippen molar-refractivity contribution < 1.29 is 9.53 Å². The Labute approximate surface area is 132 Å². The van der Waals surface area contributed by atoms with Crippen LogP contribution in [0.2, 0.25) is 0 Å². The molecule has 0 radical (unpaired) electrons. The second kappa shape index (κ2) is 7.83. The monoisotopic (exact) mass is 299 g/mol. The first-order valence-electron chi connectivity index (χ1n) is 7.99. The van der Waals surface area contributed by atoms with Crippen molar-refractivity contribution in [1.29, 1.82) is 0 Å². The number of amides is 1. The molecule has 2 rings (SSSR count). The predicted molar refractivity (Wildman–Crippen MR) is 91.5 cm³/mol. The molecule has 0 atom stereocenters. The molecule has 0 aliphatic heterocycles. The van der Waals surface area contributed by atoms with E-state index in [0.29, 0.717) is 6.54 Å². The van der Waals surface area contributed by atoms with E-state index in [1.54, 1.807) is 14.0 Å². The lowest BCUT2D eigenvalue weighted by Crippen LogP contribution is -2.22. The molecule has 0 aliphatic carbocycles. The summed E-state index contributed by atoms with van der Waals surface area (Å²) >= 11 is 0. The predicted octanol–water partition coefficient (Wildman–Crippen LogP) is 3.87. The molecule has 3 heteroatoms. The van der Waals surface area contributed by atoms with E-state index in [9.17, 15) is 4.79 Å². The first kappa shape index (κ1) is 16.3. The van der Waals surface area contributed by atoms with Gasteiger partial charge in [0.25, 0.3) is 0 Å². The third-order valence-electron chi connectivity index (χ3n) is 3.96. The molecule has 118 valence electrons. The number of aryl methyl sites for hydroxylation is 1. The van der Waals surface area contributed by atoms with Crippen molar-refractivity contribution in [1.82, 2.24) is 5.32 Å². The summed E-state index contributed by atoms with van der Waals surface area (Å²) in [6, 6.07) is 10.6. The van der Waals surface area contributed by atoms with Gasteiger partial charge in [0.05, 0.1) is 7.11 Å². The Bertz CT molecular complexity index is 649. The molecule has 0 saturated heterocycles. The van der Waals surface area contributed by atoms with Crippen LogP contribution in [0.1, 0.15) is 37.8 Å². The van der Waals surface area contributed by atoms with Gasteiger partial charge in [-0.25, -0.2) is 0 Å². The average molecular weight is 299 g/mol. The summed E-state index contributed by atoms with van der Waals surface area (Å²) in [6.45, 7) is 4.42. The fourth-order valence-corrected chi connectivity index (χ4v) is 2.89. The van der Waals surface area contributed by atoms with Gasteiger partial charge >= 0.3 is 0 Å². The third-order valence-corrected chi connectivity index (χ3v) is 3.96. The van der Waals surface area contributed by atoms with Crippen LogP contribution in [0.4, 0.5) is 0 Å². The Morgan fingerprint density at radius 1 is 1.18 bits per heavy atom. The summed E-state index contributed by atoms with van der Waals surface area (Å²) in [5.41, 5.74) is 2.57. The number of nitrogens with one attached hydrogen (secondary N) is 1. The standard InChI is InChI=1S/C19H25NO2/c1-4-5-9-17-18(22-3)11-10-15-7-6-8-16(19(15)17)12-13-20-14(2)21/h6-8,10-11H,4-5,9,12-13H2,1-3H3,(H,20,21). The fraction of sp³-hybridized carbons (Fsp3) is 0.421. The highest BCUT2D eigenvalue weighted by Crippen LogP contribution is 2.32. The van der Waals surface area contributed by atoms with Crippen molar-refractivity contribution >= 4 is 16.7 Å². The highest BCUT2D eigenvalue weighted by atomic mass is 16.5. The molecule has 2 aromatic carbocycles. The number of benzene rings is 2. The van der Waals surface area contributed by atoms with Gasteiger partial charge in [-0.15, -0.1) is 0 Å². The minimum Gasteiger partial charge on any atom is -0.496 e. The Balaban J connectivity index is 2.43. The van der Waals surface area contributed by atoms with Gasteiger partial charge in [0.15, 0.2) is 0 Å². The van der Waals surface area contributed by atoms with E-state index in [-0.39, 0.29) is 5.91 Å². The van der Waals surface area contributed by atoms with Crippen molar-refractivity contribution in [3.05, 3.63) is 41.5 Å². The van der Waals surface area contributed by atoms with Crippen LogP contribution in [0.25, 0.3) is 10.8 Å². The van der Waals surface area contributed by atoms with Gasteiger partial charge in [0, 0.05) is 19.0 Å². The summed E-state index contributed by atoms with van der Waals surface area (Å²) in [7, 11) is 1.73.